The molecule has 2 aromatic rings. The monoisotopic (exact) mass is 338 g/mol. The number of halogens is 1. The minimum atomic E-state index is -0.0808. The first-order valence-corrected chi connectivity index (χ1v) is 7.34. The maximum absolute atomic E-state index is 9.47. The van der Waals surface area contributed by atoms with Crippen molar-refractivity contribution in [3.8, 4) is 11.6 Å². The fourth-order valence-corrected chi connectivity index (χ4v) is 2.54. The standard InChI is InChI=1S/C15H19BrN2O2/c1-9(2)12-7-11(16)5-6-14(12)20-15-13(8-19)10(3)17-18(15)4/h5-7,9,19H,8H2,1-4H3. The SMILES string of the molecule is Cc1nn(C)c(Oc2ccc(Br)cc2C(C)C)c1CO. The van der Waals surface area contributed by atoms with E-state index >= 15 is 0 Å². The molecule has 20 heavy (non-hydrogen) atoms. The van der Waals surface area contributed by atoms with Gasteiger partial charge in [0.15, 0.2) is 0 Å². The summed E-state index contributed by atoms with van der Waals surface area (Å²) in [6.45, 7) is 6.03. The molecular weight excluding hydrogens is 320 g/mol. The van der Waals surface area contributed by atoms with Crippen LogP contribution in [0.5, 0.6) is 11.6 Å². The Hall–Kier alpha value is -1.33. The molecule has 1 heterocycles. The van der Waals surface area contributed by atoms with Crippen molar-refractivity contribution in [3.63, 3.8) is 0 Å². The number of rotatable bonds is 4. The molecule has 2 rings (SSSR count). The molecule has 0 fully saturated rings. The zero-order valence-corrected chi connectivity index (χ0v) is 13.7. The number of ether oxygens (including phenoxy) is 1. The van der Waals surface area contributed by atoms with E-state index in [1.807, 2.05) is 26.1 Å². The molecule has 0 spiro atoms. The third kappa shape index (κ3) is 2.88. The molecule has 0 saturated carbocycles. The molecule has 0 saturated heterocycles. The quantitative estimate of drug-likeness (QED) is 0.919. The normalized spacial score (nSPS) is 11.2. The van der Waals surface area contributed by atoms with Gasteiger partial charge in [-0.1, -0.05) is 29.8 Å². The molecule has 0 atom stereocenters. The topological polar surface area (TPSA) is 47.3 Å². The number of hydrogen-bond donors (Lipinski definition) is 1. The van der Waals surface area contributed by atoms with E-state index in [0.717, 1.165) is 27.0 Å². The molecule has 1 N–H and O–H groups in total. The number of hydrogen-bond acceptors (Lipinski definition) is 3. The Bertz CT molecular complexity index is 621. The van der Waals surface area contributed by atoms with Crippen LogP contribution in [0.2, 0.25) is 0 Å². The molecule has 0 amide bonds. The van der Waals surface area contributed by atoms with E-state index in [9.17, 15) is 5.11 Å². The van der Waals surface area contributed by atoms with Crippen LogP contribution in [-0.4, -0.2) is 14.9 Å². The fraction of sp³-hybridized carbons (Fsp3) is 0.400. The lowest BCUT2D eigenvalue weighted by Crippen LogP contribution is -2.00. The Kier molecular flexibility index (Phi) is 4.50. The first-order chi connectivity index (χ1) is 9.43. The van der Waals surface area contributed by atoms with Crippen LogP contribution in [0.3, 0.4) is 0 Å². The summed E-state index contributed by atoms with van der Waals surface area (Å²) in [5.74, 6) is 1.73. The molecule has 1 aromatic carbocycles. The van der Waals surface area contributed by atoms with Gasteiger partial charge in [0.2, 0.25) is 5.88 Å². The molecule has 5 heteroatoms. The number of aromatic nitrogens is 2. The minimum absolute atomic E-state index is 0.0808. The van der Waals surface area contributed by atoms with E-state index in [4.69, 9.17) is 4.74 Å². The molecule has 1 aromatic heterocycles. The van der Waals surface area contributed by atoms with Crippen LogP contribution in [0.15, 0.2) is 22.7 Å². The smallest absolute Gasteiger partial charge is 0.223 e. The number of benzene rings is 1. The molecule has 0 aliphatic heterocycles. The van der Waals surface area contributed by atoms with Crippen molar-refractivity contribution < 1.29 is 9.84 Å². The van der Waals surface area contributed by atoms with E-state index in [-0.39, 0.29) is 6.61 Å². The molecule has 0 unspecified atom stereocenters. The molecule has 108 valence electrons. The average Bonchev–Trinajstić information content (AvgIpc) is 2.65. The molecule has 0 radical (unpaired) electrons. The second-order valence-corrected chi connectivity index (χ2v) is 6.01. The lowest BCUT2D eigenvalue weighted by atomic mass is 10.0. The summed E-state index contributed by atoms with van der Waals surface area (Å²) in [5, 5.41) is 13.8. The third-order valence-electron chi connectivity index (χ3n) is 3.25. The highest BCUT2D eigenvalue weighted by Crippen LogP contribution is 2.34. The van der Waals surface area contributed by atoms with Crippen LogP contribution in [0.25, 0.3) is 0 Å². The predicted octanol–water partition coefficient (Wildman–Crippen LogP) is 3.90. The van der Waals surface area contributed by atoms with Gasteiger partial charge in [0, 0.05) is 11.5 Å². The molecule has 0 bridgehead atoms. The molecular formula is C15H19BrN2O2. The zero-order valence-electron chi connectivity index (χ0n) is 12.1. The van der Waals surface area contributed by atoms with Gasteiger partial charge in [-0.3, -0.25) is 0 Å². The summed E-state index contributed by atoms with van der Waals surface area (Å²) in [4.78, 5) is 0. The number of aliphatic hydroxyl groups is 1. The van der Waals surface area contributed by atoms with Crippen molar-refractivity contribution >= 4 is 15.9 Å². The van der Waals surface area contributed by atoms with Crippen LogP contribution in [0.4, 0.5) is 0 Å². The third-order valence-corrected chi connectivity index (χ3v) is 3.74. The molecule has 0 aliphatic carbocycles. The Morgan fingerprint density at radius 3 is 2.70 bits per heavy atom. The van der Waals surface area contributed by atoms with E-state index in [2.05, 4.69) is 40.9 Å². The van der Waals surface area contributed by atoms with Crippen molar-refractivity contribution in [2.75, 3.05) is 0 Å². The van der Waals surface area contributed by atoms with Crippen LogP contribution in [0, 0.1) is 6.92 Å². The van der Waals surface area contributed by atoms with E-state index < -0.39 is 0 Å². The van der Waals surface area contributed by atoms with Gasteiger partial charge in [0.05, 0.1) is 17.9 Å². The second-order valence-electron chi connectivity index (χ2n) is 5.09. The maximum Gasteiger partial charge on any atom is 0.223 e. The summed E-state index contributed by atoms with van der Waals surface area (Å²) in [7, 11) is 1.81. The summed E-state index contributed by atoms with van der Waals surface area (Å²) >= 11 is 3.48. The first-order valence-electron chi connectivity index (χ1n) is 6.54. The summed E-state index contributed by atoms with van der Waals surface area (Å²) in [6.07, 6.45) is 0. The van der Waals surface area contributed by atoms with Crippen LogP contribution < -0.4 is 4.74 Å². The number of nitrogens with zero attached hydrogens (tertiary/aromatic N) is 2. The van der Waals surface area contributed by atoms with Gasteiger partial charge in [-0.15, -0.1) is 0 Å². The Morgan fingerprint density at radius 2 is 2.10 bits per heavy atom. The van der Waals surface area contributed by atoms with Gasteiger partial charge in [0.25, 0.3) is 0 Å². The lowest BCUT2D eigenvalue weighted by molar-refractivity contribution is 0.274. The summed E-state index contributed by atoms with van der Waals surface area (Å²) in [6, 6.07) is 5.94. The number of aliphatic hydroxyl groups excluding tert-OH is 1. The van der Waals surface area contributed by atoms with Crippen molar-refractivity contribution in [3.05, 3.63) is 39.5 Å². The van der Waals surface area contributed by atoms with Crippen LogP contribution >= 0.6 is 15.9 Å². The highest BCUT2D eigenvalue weighted by atomic mass is 79.9. The Balaban J connectivity index is 2.45. The summed E-state index contributed by atoms with van der Waals surface area (Å²) < 4.78 is 8.70. The predicted molar refractivity (Wildman–Crippen MR) is 82.2 cm³/mol. The summed E-state index contributed by atoms with van der Waals surface area (Å²) in [5.41, 5.74) is 2.63. The van der Waals surface area contributed by atoms with E-state index in [1.165, 1.54) is 0 Å². The second kappa shape index (κ2) is 5.97. The molecule has 0 aliphatic rings. The van der Waals surface area contributed by atoms with Crippen molar-refractivity contribution in [2.24, 2.45) is 7.05 Å². The van der Waals surface area contributed by atoms with Crippen LogP contribution in [-0.2, 0) is 13.7 Å². The first kappa shape index (κ1) is 15.1. The fourth-order valence-electron chi connectivity index (χ4n) is 2.16. The van der Waals surface area contributed by atoms with E-state index in [0.29, 0.717) is 11.8 Å². The van der Waals surface area contributed by atoms with Crippen molar-refractivity contribution in [2.45, 2.75) is 33.3 Å². The van der Waals surface area contributed by atoms with Crippen molar-refractivity contribution in [1.82, 2.24) is 9.78 Å². The Morgan fingerprint density at radius 1 is 1.40 bits per heavy atom. The van der Waals surface area contributed by atoms with Gasteiger partial charge >= 0.3 is 0 Å². The Labute approximate surface area is 127 Å². The minimum Gasteiger partial charge on any atom is -0.439 e. The highest BCUT2D eigenvalue weighted by molar-refractivity contribution is 9.10. The molecule has 4 nitrogen and oxygen atoms in total. The van der Waals surface area contributed by atoms with E-state index in [1.54, 1.807) is 4.68 Å². The van der Waals surface area contributed by atoms with Gasteiger partial charge < -0.3 is 9.84 Å². The number of aryl methyl sites for hydroxylation is 2. The van der Waals surface area contributed by atoms with Gasteiger partial charge in [-0.2, -0.15) is 5.10 Å². The van der Waals surface area contributed by atoms with Gasteiger partial charge in [-0.25, -0.2) is 4.68 Å². The average molecular weight is 339 g/mol. The lowest BCUT2D eigenvalue weighted by Gasteiger charge is -2.15. The highest BCUT2D eigenvalue weighted by Gasteiger charge is 2.17. The van der Waals surface area contributed by atoms with Crippen molar-refractivity contribution in [1.29, 1.82) is 0 Å². The van der Waals surface area contributed by atoms with Crippen LogP contribution in [0.1, 0.15) is 36.6 Å². The zero-order chi connectivity index (χ0) is 14.9. The van der Waals surface area contributed by atoms with Gasteiger partial charge in [-0.05, 0) is 36.6 Å². The maximum atomic E-state index is 9.47. The largest absolute Gasteiger partial charge is 0.439 e. The van der Waals surface area contributed by atoms with Gasteiger partial charge in [0.1, 0.15) is 5.75 Å².